The predicted octanol–water partition coefficient (Wildman–Crippen LogP) is 3.16. The topological polar surface area (TPSA) is 66.5 Å². The van der Waals surface area contributed by atoms with Crippen LogP contribution in [0.2, 0.25) is 0 Å². The molecule has 154 valence electrons. The average Bonchev–Trinajstić information content (AvgIpc) is 3.41. The van der Waals surface area contributed by atoms with Gasteiger partial charge >= 0.3 is 0 Å². The van der Waals surface area contributed by atoms with Gasteiger partial charge in [0.2, 0.25) is 17.7 Å². The first-order chi connectivity index (χ1) is 14.0. The number of rotatable bonds is 4. The van der Waals surface area contributed by atoms with Crippen LogP contribution in [0.15, 0.2) is 18.2 Å². The van der Waals surface area contributed by atoms with E-state index in [1.54, 1.807) is 6.92 Å². The van der Waals surface area contributed by atoms with Crippen molar-refractivity contribution < 1.29 is 14.4 Å². The first-order valence-corrected chi connectivity index (χ1v) is 11.2. The molecule has 29 heavy (non-hydrogen) atoms. The number of likely N-dealkylation sites (tertiary alicyclic amines) is 1. The zero-order valence-corrected chi connectivity index (χ0v) is 17.3. The fourth-order valence-electron chi connectivity index (χ4n) is 6.37. The summed E-state index contributed by atoms with van der Waals surface area (Å²) in [6, 6.07) is 5.58. The van der Waals surface area contributed by atoms with E-state index in [4.69, 9.17) is 0 Å². The lowest BCUT2D eigenvalue weighted by Crippen LogP contribution is -2.49. The van der Waals surface area contributed by atoms with Crippen molar-refractivity contribution in [2.75, 3.05) is 0 Å². The largest absolute Gasteiger partial charge is 0.348 e. The lowest BCUT2D eigenvalue weighted by Gasteiger charge is -2.26. The summed E-state index contributed by atoms with van der Waals surface area (Å²) in [6.07, 6.45) is 7.81. The van der Waals surface area contributed by atoms with E-state index < -0.39 is 6.04 Å². The zero-order chi connectivity index (χ0) is 20.3. The molecule has 0 radical (unpaired) electrons. The highest BCUT2D eigenvalue weighted by Crippen LogP contribution is 2.56. The number of carbonyl (C=O) groups excluding carboxylic acids is 3. The van der Waals surface area contributed by atoms with Crippen molar-refractivity contribution in [1.82, 2.24) is 10.2 Å². The van der Waals surface area contributed by atoms with Crippen LogP contribution in [0.1, 0.15) is 68.7 Å². The van der Waals surface area contributed by atoms with Crippen molar-refractivity contribution in [1.29, 1.82) is 0 Å². The minimum atomic E-state index is -0.750. The summed E-state index contributed by atoms with van der Waals surface area (Å²) >= 11 is 0. The van der Waals surface area contributed by atoms with Crippen LogP contribution in [0, 0.1) is 23.7 Å². The minimum Gasteiger partial charge on any atom is -0.348 e. The third-order valence-electron chi connectivity index (χ3n) is 7.96. The molecule has 4 aliphatic rings. The monoisotopic (exact) mass is 394 g/mol. The predicted molar refractivity (Wildman–Crippen MR) is 109 cm³/mol. The molecule has 0 spiro atoms. The average molecular weight is 395 g/mol. The molecule has 2 bridgehead atoms. The number of fused-ring (bicyclic) bond motifs is 6. The third-order valence-corrected chi connectivity index (χ3v) is 7.96. The molecule has 1 aromatic rings. The highest BCUT2D eigenvalue weighted by molar-refractivity contribution is 6.09. The van der Waals surface area contributed by atoms with Crippen LogP contribution in [-0.2, 0) is 27.2 Å². The number of amides is 3. The fraction of sp³-hybridized carbons (Fsp3) is 0.625. The second-order valence-corrected chi connectivity index (χ2v) is 9.57. The van der Waals surface area contributed by atoms with E-state index >= 15 is 0 Å². The molecule has 6 atom stereocenters. The van der Waals surface area contributed by atoms with Gasteiger partial charge in [-0.2, -0.15) is 0 Å². The maximum Gasteiger partial charge on any atom is 0.243 e. The van der Waals surface area contributed by atoms with Crippen molar-refractivity contribution >= 4 is 17.7 Å². The number of nitrogens with zero attached hydrogens (tertiary/aromatic N) is 1. The van der Waals surface area contributed by atoms with Crippen LogP contribution < -0.4 is 5.32 Å². The van der Waals surface area contributed by atoms with Gasteiger partial charge in [-0.1, -0.05) is 18.2 Å². The van der Waals surface area contributed by atoms with Gasteiger partial charge in [0.05, 0.1) is 17.9 Å². The van der Waals surface area contributed by atoms with Crippen LogP contribution in [0.3, 0.4) is 0 Å². The highest BCUT2D eigenvalue weighted by Gasteiger charge is 2.62. The molecule has 5 nitrogen and oxygen atoms in total. The molecule has 1 saturated heterocycles. The lowest BCUT2D eigenvalue weighted by molar-refractivity contribution is -0.148. The van der Waals surface area contributed by atoms with E-state index in [1.165, 1.54) is 28.9 Å². The smallest absolute Gasteiger partial charge is 0.243 e. The molecule has 5 rings (SSSR count). The van der Waals surface area contributed by atoms with E-state index in [9.17, 15) is 14.4 Å². The summed E-state index contributed by atoms with van der Waals surface area (Å²) in [5.41, 5.74) is 3.89. The Morgan fingerprint density at radius 1 is 1.00 bits per heavy atom. The quantitative estimate of drug-likeness (QED) is 0.798. The molecule has 2 saturated carbocycles. The Labute approximate surface area is 172 Å². The lowest BCUT2D eigenvalue weighted by atomic mass is 9.81. The van der Waals surface area contributed by atoms with Crippen LogP contribution in [-0.4, -0.2) is 28.7 Å². The van der Waals surface area contributed by atoms with Gasteiger partial charge in [0.25, 0.3) is 0 Å². The zero-order valence-electron chi connectivity index (χ0n) is 17.3. The Kier molecular flexibility index (Phi) is 4.52. The Hall–Kier alpha value is -2.17. The number of hydrogen-bond acceptors (Lipinski definition) is 3. The fourth-order valence-corrected chi connectivity index (χ4v) is 6.37. The molecular formula is C24H30N2O3. The van der Waals surface area contributed by atoms with Gasteiger partial charge in [0, 0.05) is 0 Å². The maximum absolute atomic E-state index is 13.0. The van der Waals surface area contributed by atoms with Gasteiger partial charge < -0.3 is 5.32 Å². The van der Waals surface area contributed by atoms with E-state index in [-0.39, 0.29) is 35.6 Å². The molecule has 3 fully saturated rings. The molecular weight excluding hydrogens is 364 g/mol. The summed E-state index contributed by atoms with van der Waals surface area (Å²) in [6.45, 7) is 3.66. The summed E-state index contributed by atoms with van der Waals surface area (Å²) in [4.78, 5) is 40.2. The first kappa shape index (κ1) is 18.8. The Bertz CT molecular complexity index is 851. The number of aryl methyl sites for hydroxylation is 2. The second kappa shape index (κ2) is 6.96. The number of imide groups is 1. The van der Waals surface area contributed by atoms with Crippen LogP contribution in [0.4, 0.5) is 0 Å². The second-order valence-electron chi connectivity index (χ2n) is 9.57. The number of nitrogens with one attached hydrogen (secondary N) is 1. The molecule has 1 heterocycles. The van der Waals surface area contributed by atoms with Crippen LogP contribution in [0.25, 0.3) is 0 Å². The summed E-state index contributed by atoms with van der Waals surface area (Å²) in [5, 5.41) is 3.04. The van der Waals surface area contributed by atoms with Crippen molar-refractivity contribution in [3.63, 3.8) is 0 Å². The van der Waals surface area contributed by atoms with Gasteiger partial charge in [-0.3, -0.25) is 19.3 Å². The molecule has 6 unspecified atom stereocenters. The van der Waals surface area contributed by atoms with Crippen molar-refractivity contribution in [2.45, 2.75) is 70.9 Å². The van der Waals surface area contributed by atoms with Gasteiger partial charge in [-0.15, -0.1) is 0 Å². The molecule has 1 aliphatic heterocycles. The Balaban J connectivity index is 1.28. The summed E-state index contributed by atoms with van der Waals surface area (Å²) in [5.74, 6) is -0.131. The normalized spacial score (nSPS) is 32.1. The summed E-state index contributed by atoms with van der Waals surface area (Å²) < 4.78 is 0. The van der Waals surface area contributed by atoms with E-state index in [0.717, 1.165) is 37.7 Å². The Morgan fingerprint density at radius 2 is 1.62 bits per heavy atom. The highest BCUT2D eigenvalue weighted by atomic mass is 16.2. The van der Waals surface area contributed by atoms with Crippen molar-refractivity contribution in [3.05, 3.63) is 34.9 Å². The van der Waals surface area contributed by atoms with E-state index in [2.05, 4.69) is 23.5 Å². The van der Waals surface area contributed by atoms with Gasteiger partial charge in [0.15, 0.2) is 0 Å². The molecule has 3 amide bonds. The standard InChI is InChI=1S/C24H30N2O3/c1-13(16-8-7-15-5-3-4-6-17(15)11-16)25-22(27)14(2)26-23(28)20-18-9-10-19(12-18)21(20)24(26)29/h7-8,11,13-14,18-21H,3-6,9-10,12H2,1-2H3,(H,25,27). The van der Waals surface area contributed by atoms with Gasteiger partial charge in [-0.25, -0.2) is 0 Å². The van der Waals surface area contributed by atoms with Gasteiger partial charge in [-0.05, 0) is 87.3 Å². The first-order valence-electron chi connectivity index (χ1n) is 11.2. The van der Waals surface area contributed by atoms with Crippen LogP contribution >= 0.6 is 0 Å². The minimum absolute atomic E-state index is 0.115. The van der Waals surface area contributed by atoms with Gasteiger partial charge in [0.1, 0.15) is 6.04 Å². The third kappa shape index (κ3) is 2.92. The van der Waals surface area contributed by atoms with Crippen LogP contribution in [0.5, 0.6) is 0 Å². The maximum atomic E-state index is 13.0. The van der Waals surface area contributed by atoms with E-state index in [0.29, 0.717) is 11.8 Å². The number of benzene rings is 1. The molecule has 0 aromatic heterocycles. The number of hydrogen-bond donors (Lipinski definition) is 1. The SMILES string of the molecule is CC(NC(=O)C(C)N1C(=O)C2C3CCC(C3)C2C1=O)c1ccc2c(c1)CCCC2. The van der Waals surface area contributed by atoms with E-state index in [1.807, 2.05) is 6.92 Å². The van der Waals surface area contributed by atoms with Crippen molar-refractivity contribution in [2.24, 2.45) is 23.7 Å². The summed E-state index contributed by atoms with van der Waals surface area (Å²) in [7, 11) is 0. The van der Waals surface area contributed by atoms with Crippen molar-refractivity contribution in [3.8, 4) is 0 Å². The Morgan fingerprint density at radius 3 is 2.28 bits per heavy atom. The molecule has 3 aliphatic carbocycles. The molecule has 1 N–H and O–H groups in total. The molecule has 1 aromatic carbocycles. The molecule has 5 heteroatoms. The number of carbonyl (C=O) groups is 3.